The van der Waals surface area contributed by atoms with Gasteiger partial charge in [0.25, 0.3) is 5.91 Å². The summed E-state index contributed by atoms with van der Waals surface area (Å²) in [5, 5.41) is 3.67. The summed E-state index contributed by atoms with van der Waals surface area (Å²) < 4.78 is 0. The molecule has 180 valence electrons. The van der Waals surface area contributed by atoms with E-state index in [0.717, 1.165) is 49.7 Å². The van der Waals surface area contributed by atoms with Crippen molar-refractivity contribution in [3.63, 3.8) is 0 Å². The second-order valence-corrected chi connectivity index (χ2v) is 9.72. The van der Waals surface area contributed by atoms with E-state index >= 15 is 0 Å². The van der Waals surface area contributed by atoms with Crippen LogP contribution in [0.25, 0.3) is 0 Å². The number of carbonyl (C=O) groups is 2. The van der Waals surface area contributed by atoms with E-state index < -0.39 is 0 Å². The smallest absolute Gasteiger partial charge is 0.261 e. The van der Waals surface area contributed by atoms with Crippen LogP contribution in [-0.2, 0) is 4.79 Å². The Labute approximate surface area is 210 Å². The maximum Gasteiger partial charge on any atom is 0.261 e. The summed E-state index contributed by atoms with van der Waals surface area (Å²) in [6, 6.07) is 21.7. The number of hydrogen-bond acceptors (Lipinski definition) is 6. The quantitative estimate of drug-likeness (QED) is 0.515. The number of para-hydroxylation sites is 2. The van der Waals surface area contributed by atoms with Gasteiger partial charge in [0, 0.05) is 49.5 Å². The molecule has 2 aliphatic heterocycles. The highest BCUT2D eigenvalue weighted by Crippen LogP contribution is 2.39. The van der Waals surface area contributed by atoms with Crippen molar-refractivity contribution in [3.05, 3.63) is 78.5 Å². The average molecular weight is 488 g/mol. The third kappa shape index (κ3) is 5.49. The Morgan fingerprint density at radius 3 is 2.54 bits per heavy atom. The second kappa shape index (κ2) is 10.9. The summed E-state index contributed by atoms with van der Waals surface area (Å²) >= 11 is 1.46. The van der Waals surface area contributed by atoms with Crippen molar-refractivity contribution in [3.8, 4) is 0 Å². The number of amides is 2. The molecule has 0 unspecified atom stereocenters. The lowest BCUT2D eigenvalue weighted by Crippen LogP contribution is -2.47. The molecule has 3 heterocycles. The predicted molar refractivity (Wildman–Crippen MR) is 139 cm³/mol. The molecule has 5 rings (SSSR count). The van der Waals surface area contributed by atoms with Crippen molar-refractivity contribution in [1.82, 2.24) is 15.2 Å². The second-order valence-electron chi connectivity index (χ2n) is 8.68. The Morgan fingerprint density at radius 2 is 1.71 bits per heavy atom. The first-order chi connectivity index (χ1) is 17.2. The SMILES string of the molecule is O=C(CN1C(=O)c2cccnc2Sc2ccccc21)NCCCN1CCN(c2ccccc2)CC1. The summed E-state index contributed by atoms with van der Waals surface area (Å²) in [5.41, 5.74) is 2.55. The van der Waals surface area contributed by atoms with Gasteiger partial charge in [-0.15, -0.1) is 0 Å². The van der Waals surface area contributed by atoms with Crippen molar-refractivity contribution < 1.29 is 9.59 Å². The summed E-state index contributed by atoms with van der Waals surface area (Å²) in [7, 11) is 0. The van der Waals surface area contributed by atoms with Gasteiger partial charge >= 0.3 is 0 Å². The molecule has 7 nitrogen and oxygen atoms in total. The highest BCUT2D eigenvalue weighted by atomic mass is 32.2. The number of nitrogens with zero attached hydrogens (tertiary/aromatic N) is 4. The lowest BCUT2D eigenvalue weighted by atomic mass is 10.2. The maximum absolute atomic E-state index is 13.3. The molecule has 3 aromatic rings. The first-order valence-corrected chi connectivity index (χ1v) is 12.8. The zero-order valence-electron chi connectivity index (χ0n) is 19.6. The number of fused-ring (bicyclic) bond motifs is 2. The van der Waals surface area contributed by atoms with E-state index in [-0.39, 0.29) is 18.4 Å². The van der Waals surface area contributed by atoms with Crippen LogP contribution in [0, 0.1) is 0 Å². The standard InChI is InChI=1S/C27H29N5O2S/c33-25(28-14-7-15-30-16-18-31(19-17-30)21-8-2-1-3-9-21)20-32-23-11-4-5-12-24(23)35-26-22(27(32)34)10-6-13-29-26/h1-6,8-13H,7,14-20H2,(H,28,33). The van der Waals surface area contributed by atoms with Crippen LogP contribution in [0.5, 0.6) is 0 Å². The van der Waals surface area contributed by atoms with Gasteiger partial charge in [0.05, 0.1) is 11.3 Å². The molecule has 0 spiro atoms. The van der Waals surface area contributed by atoms with Crippen LogP contribution in [0.15, 0.2) is 82.8 Å². The van der Waals surface area contributed by atoms with E-state index in [4.69, 9.17) is 0 Å². The zero-order valence-corrected chi connectivity index (χ0v) is 20.4. The summed E-state index contributed by atoms with van der Waals surface area (Å²) in [6.45, 7) is 5.60. The van der Waals surface area contributed by atoms with E-state index in [0.29, 0.717) is 17.1 Å². The molecule has 8 heteroatoms. The van der Waals surface area contributed by atoms with Gasteiger partial charge in [0.2, 0.25) is 5.91 Å². The van der Waals surface area contributed by atoms with E-state index in [2.05, 4.69) is 44.4 Å². The minimum atomic E-state index is -0.197. The topological polar surface area (TPSA) is 68.8 Å². The van der Waals surface area contributed by atoms with Gasteiger partial charge in [-0.2, -0.15) is 0 Å². The molecule has 0 radical (unpaired) electrons. The van der Waals surface area contributed by atoms with Gasteiger partial charge in [0.15, 0.2) is 0 Å². The van der Waals surface area contributed by atoms with Gasteiger partial charge in [-0.3, -0.25) is 19.4 Å². The number of nitrogens with one attached hydrogen (secondary N) is 1. The van der Waals surface area contributed by atoms with Crippen LogP contribution < -0.4 is 15.1 Å². The Morgan fingerprint density at radius 1 is 0.943 bits per heavy atom. The van der Waals surface area contributed by atoms with Crippen molar-refractivity contribution in [2.75, 3.05) is 55.6 Å². The molecule has 0 atom stereocenters. The Balaban J connectivity index is 1.11. The maximum atomic E-state index is 13.3. The molecule has 0 aliphatic carbocycles. The van der Waals surface area contributed by atoms with Gasteiger partial charge in [0.1, 0.15) is 11.6 Å². The number of rotatable bonds is 7. The third-order valence-corrected chi connectivity index (χ3v) is 7.46. The number of hydrogen-bond donors (Lipinski definition) is 1. The minimum Gasteiger partial charge on any atom is -0.369 e. The molecule has 2 amide bonds. The van der Waals surface area contributed by atoms with Gasteiger partial charge in [-0.25, -0.2) is 4.98 Å². The van der Waals surface area contributed by atoms with E-state index in [1.165, 1.54) is 17.4 Å². The number of anilines is 2. The first-order valence-electron chi connectivity index (χ1n) is 12.0. The fraction of sp³-hybridized carbons (Fsp3) is 0.296. The van der Waals surface area contributed by atoms with Gasteiger partial charge in [-0.05, 0) is 49.4 Å². The van der Waals surface area contributed by atoms with E-state index in [1.807, 2.05) is 30.3 Å². The molecule has 0 bridgehead atoms. The Bertz CT molecular complexity index is 1180. The highest BCUT2D eigenvalue weighted by molar-refractivity contribution is 7.99. The largest absolute Gasteiger partial charge is 0.369 e. The molecular weight excluding hydrogens is 458 g/mol. The van der Waals surface area contributed by atoms with Crippen LogP contribution in [0.2, 0.25) is 0 Å². The summed E-state index contributed by atoms with van der Waals surface area (Å²) in [5.74, 6) is -0.351. The van der Waals surface area contributed by atoms with Crippen molar-refractivity contribution in [2.45, 2.75) is 16.3 Å². The zero-order chi connectivity index (χ0) is 24.0. The average Bonchev–Trinajstić information content (AvgIpc) is 3.02. The molecule has 35 heavy (non-hydrogen) atoms. The minimum absolute atomic E-state index is 0.0134. The fourth-order valence-corrected chi connectivity index (χ4v) is 5.53. The molecule has 1 N–H and O–H groups in total. The fourth-order valence-electron chi connectivity index (χ4n) is 4.52. The molecule has 1 aromatic heterocycles. The first kappa shape index (κ1) is 23.4. The Kier molecular flexibility index (Phi) is 7.30. The molecule has 1 fully saturated rings. The van der Waals surface area contributed by atoms with Crippen molar-refractivity contribution in [1.29, 1.82) is 0 Å². The summed E-state index contributed by atoms with van der Waals surface area (Å²) in [4.78, 5) is 37.8. The van der Waals surface area contributed by atoms with Crippen LogP contribution in [0.4, 0.5) is 11.4 Å². The van der Waals surface area contributed by atoms with Crippen molar-refractivity contribution in [2.24, 2.45) is 0 Å². The van der Waals surface area contributed by atoms with Crippen LogP contribution in [0.1, 0.15) is 16.8 Å². The molecule has 0 saturated carbocycles. The predicted octanol–water partition coefficient (Wildman–Crippen LogP) is 3.52. The molecule has 2 aliphatic rings. The number of pyridine rings is 1. The van der Waals surface area contributed by atoms with Crippen LogP contribution >= 0.6 is 11.8 Å². The lowest BCUT2D eigenvalue weighted by molar-refractivity contribution is -0.119. The Hall–Kier alpha value is -3.36. The number of piperazine rings is 1. The monoisotopic (exact) mass is 487 g/mol. The van der Waals surface area contributed by atoms with E-state index in [1.54, 1.807) is 23.2 Å². The number of carbonyl (C=O) groups excluding carboxylic acids is 2. The highest BCUT2D eigenvalue weighted by Gasteiger charge is 2.29. The number of benzene rings is 2. The normalized spacial score (nSPS) is 15.8. The van der Waals surface area contributed by atoms with Gasteiger partial charge < -0.3 is 10.2 Å². The molecule has 2 aromatic carbocycles. The van der Waals surface area contributed by atoms with E-state index in [9.17, 15) is 9.59 Å². The third-order valence-electron chi connectivity index (χ3n) is 6.38. The molecule has 1 saturated heterocycles. The van der Waals surface area contributed by atoms with Crippen molar-refractivity contribution >= 4 is 35.0 Å². The summed E-state index contributed by atoms with van der Waals surface area (Å²) in [6.07, 6.45) is 2.57. The van der Waals surface area contributed by atoms with Crippen LogP contribution in [0.3, 0.4) is 0 Å². The molecular formula is C27H29N5O2S. The van der Waals surface area contributed by atoms with Gasteiger partial charge in [-0.1, -0.05) is 42.1 Å². The number of aromatic nitrogens is 1. The van der Waals surface area contributed by atoms with Crippen LogP contribution in [-0.4, -0.2) is 67.5 Å². The lowest BCUT2D eigenvalue weighted by Gasteiger charge is -2.36.